The number of aliphatic hydroxyl groups excluding tert-OH is 3. The number of benzene rings is 4. The molecule has 0 saturated heterocycles. The van der Waals surface area contributed by atoms with Gasteiger partial charge in [0.1, 0.15) is 63.3 Å². The van der Waals surface area contributed by atoms with Crippen LogP contribution in [-0.2, 0) is 10.1 Å². The highest BCUT2D eigenvalue weighted by atomic mass is 32.3. The van der Waals surface area contributed by atoms with Crippen LogP contribution in [0, 0.1) is 0 Å². The second-order valence-corrected chi connectivity index (χ2v) is 12.1. The van der Waals surface area contributed by atoms with Gasteiger partial charge in [0, 0.05) is 17.5 Å². The number of azo groups is 2. The van der Waals surface area contributed by atoms with Gasteiger partial charge in [-0.3, -0.25) is 4.55 Å². The van der Waals surface area contributed by atoms with Gasteiger partial charge in [0.25, 0.3) is 10.1 Å². The van der Waals surface area contributed by atoms with Gasteiger partial charge in [0.15, 0.2) is 12.5 Å². The zero-order valence-corrected chi connectivity index (χ0v) is 25.7. The molecule has 0 atom stereocenters. The quantitative estimate of drug-likeness (QED) is 0.0368. The number of phenolic OH excluding ortho intramolecular Hbond substituents is 1. The fourth-order valence-corrected chi connectivity index (χ4v) is 5.37. The van der Waals surface area contributed by atoms with Crippen molar-refractivity contribution in [3.8, 4) is 23.0 Å². The van der Waals surface area contributed by atoms with Crippen molar-refractivity contribution >= 4 is 60.2 Å². The molecule has 252 valence electrons. The molecule has 10 N–H and O–H groups in total. The minimum atomic E-state index is -4.81. The van der Waals surface area contributed by atoms with Crippen molar-refractivity contribution in [2.75, 3.05) is 39.0 Å². The van der Waals surface area contributed by atoms with Crippen LogP contribution in [0.2, 0.25) is 0 Å². The molecule has 0 aliphatic rings. The molecule has 20 heteroatoms. The molecule has 0 amide bonds. The van der Waals surface area contributed by atoms with Crippen molar-refractivity contribution in [3.63, 3.8) is 0 Å². The lowest BCUT2D eigenvalue weighted by atomic mass is 10.1. The summed E-state index contributed by atoms with van der Waals surface area (Å²) < 4.78 is 79.4. The van der Waals surface area contributed by atoms with E-state index in [1.807, 2.05) is 0 Å². The molecule has 0 radical (unpaired) electrons. The molecule has 0 aliphatic heterocycles. The van der Waals surface area contributed by atoms with E-state index in [1.165, 1.54) is 12.1 Å². The van der Waals surface area contributed by atoms with E-state index in [4.69, 9.17) is 25.1 Å². The predicted octanol–water partition coefficient (Wildman–Crippen LogP) is 4.86. The van der Waals surface area contributed by atoms with Crippen LogP contribution in [0.3, 0.4) is 0 Å². The maximum atomic E-state index is 11.7. The monoisotopic (exact) mass is 695 g/mol. The number of aliphatic hydroxyl groups is 3. The average molecular weight is 696 g/mol. The average Bonchev–Trinajstić information content (AvgIpc) is 3.01. The number of ether oxygens (including phenoxy) is 3. The first-order valence-corrected chi connectivity index (χ1v) is 16.1. The van der Waals surface area contributed by atoms with E-state index in [9.17, 15) is 41.9 Å². The van der Waals surface area contributed by atoms with Gasteiger partial charge < -0.3 is 54.0 Å². The maximum absolute atomic E-state index is 11.7. The Morgan fingerprint density at radius 2 is 1.26 bits per heavy atom. The number of phenols is 1. The SMILES string of the molecule is Nc1cc2c(O)c(N=Nc3cc(OCCO)c(N=Nc4ccc(OCO)cc4)cc3OCCO)c(S(O)(O)O)cc2cc1S(=O)(=O)O. The largest absolute Gasteiger partial charge is 0.505 e. The van der Waals surface area contributed by atoms with Crippen molar-refractivity contribution < 1.29 is 61.3 Å². The van der Waals surface area contributed by atoms with E-state index in [2.05, 4.69) is 20.5 Å². The molecule has 18 nitrogen and oxygen atoms in total. The fraction of sp³-hybridized carbons (Fsp3) is 0.185. The number of anilines is 1. The first kappa shape index (κ1) is 35.2. The number of fused-ring (bicyclic) bond motifs is 1. The normalized spacial score (nSPS) is 12.7. The van der Waals surface area contributed by atoms with Gasteiger partial charge in [-0.1, -0.05) is 0 Å². The standard InChI is InChI=1S/C27H29N5O13S2/c28-19-11-18-15(9-24(19)46(37,38)39)10-25(47(40,41)42)26(27(18)36)32-31-21-13-22(43-7-5-33)20(12-23(21)44-8-6-34)30-29-16-1-3-17(4-2-16)45-14-35/h1-4,9-13,33-36,40-42H,5-8,14,28H2,(H,37,38,39). The summed E-state index contributed by atoms with van der Waals surface area (Å²) in [6, 6.07) is 11.6. The molecule has 0 saturated carbocycles. The van der Waals surface area contributed by atoms with Crippen LogP contribution in [0.25, 0.3) is 10.8 Å². The zero-order valence-electron chi connectivity index (χ0n) is 24.0. The van der Waals surface area contributed by atoms with Gasteiger partial charge >= 0.3 is 0 Å². The minimum Gasteiger partial charge on any atom is -0.505 e. The minimum absolute atomic E-state index is 0.0215. The number of nitrogen functional groups attached to an aromatic ring is 1. The van der Waals surface area contributed by atoms with Crippen LogP contribution in [0.1, 0.15) is 0 Å². The first-order chi connectivity index (χ1) is 22.3. The van der Waals surface area contributed by atoms with Gasteiger partial charge in [0.05, 0.1) is 29.5 Å². The molecule has 0 fully saturated rings. The molecule has 0 heterocycles. The van der Waals surface area contributed by atoms with E-state index < -0.39 is 61.3 Å². The van der Waals surface area contributed by atoms with Crippen LogP contribution in [-0.4, -0.2) is 80.3 Å². The predicted molar refractivity (Wildman–Crippen MR) is 168 cm³/mol. The highest BCUT2D eigenvalue weighted by molar-refractivity contribution is 8.19. The van der Waals surface area contributed by atoms with Crippen molar-refractivity contribution in [1.82, 2.24) is 0 Å². The number of rotatable bonds is 14. The highest BCUT2D eigenvalue weighted by Gasteiger charge is 2.27. The third kappa shape index (κ3) is 8.59. The van der Waals surface area contributed by atoms with E-state index in [1.54, 1.807) is 24.3 Å². The molecule has 0 spiro atoms. The number of nitrogens with zero attached hydrogens (tertiary/aromatic N) is 4. The summed E-state index contributed by atoms with van der Waals surface area (Å²) in [5.41, 5.74) is 5.01. The van der Waals surface area contributed by atoms with E-state index in [-0.39, 0.29) is 53.5 Å². The molecule has 0 bridgehead atoms. The molecule has 4 aromatic carbocycles. The number of aromatic hydroxyl groups is 1. The molecular weight excluding hydrogens is 666 g/mol. The van der Waals surface area contributed by atoms with Crippen LogP contribution < -0.4 is 19.9 Å². The van der Waals surface area contributed by atoms with Crippen molar-refractivity contribution in [2.45, 2.75) is 9.79 Å². The third-order valence-electron chi connectivity index (χ3n) is 6.09. The number of hydrogen-bond donors (Lipinski definition) is 9. The maximum Gasteiger partial charge on any atom is 0.296 e. The van der Waals surface area contributed by atoms with Crippen molar-refractivity contribution in [1.29, 1.82) is 0 Å². The Morgan fingerprint density at radius 1 is 0.702 bits per heavy atom. The Balaban J connectivity index is 1.85. The summed E-state index contributed by atoms with van der Waals surface area (Å²) in [4.78, 5) is -1.49. The Kier molecular flexibility index (Phi) is 11.1. The summed E-state index contributed by atoms with van der Waals surface area (Å²) >= 11 is 0. The second kappa shape index (κ2) is 14.8. The second-order valence-electron chi connectivity index (χ2n) is 9.28. The molecule has 0 aromatic heterocycles. The summed E-state index contributed by atoms with van der Waals surface area (Å²) in [6.07, 6.45) is 0. The summed E-state index contributed by atoms with van der Waals surface area (Å²) in [5, 5.41) is 54.5. The fourth-order valence-electron chi connectivity index (χ4n) is 4.06. The van der Waals surface area contributed by atoms with E-state index in [0.717, 1.165) is 18.2 Å². The van der Waals surface area contributed by atoms with Gasteiger partial charge in [-0.25, -0.2) is 0 Å². The van der Waals surface area contributed by atoms with E-state index in [0.29, 0.717) is 11.4 Å². The van der Waals surface area contributed by atoms with Crippen LogP contribution in [0.4, 0.5) is 28.4 Å². The molecule has 4 rings (SSSR count). The zero-order chi connectivity index (χ0) is 34.4. The van der Waals surface area contributed by atoms with Crippen LogP contribution in [0.15, 0.2) is 84.8 Å². The highest BCUT2D eigenvalue weighted by Crippen LogP contribution is 2.55. The van der Waals surface area contributed by atoms with Gasteiger partial charge in [-0.05, 0) is 47.9 Å². The summed E-state index contributed by atoms with van der Waals surface area (Å²) in [7, 11) is -9.43. The third-order valence-corrected chi connectivity index (χ3v) is 7.90. The molecule has 0 unspecified atom stereocenters. The molecule has 0 aliphatic carbocycles. The smallest absolute Gasteiger partial charge is 0.296 e. The number of hydrogen-bond acceptors (Lipinski definition) is 17. The Hall–Kier alpha value is -4.64. The first-order valence-electron chi connectivity index (χ1n) is 13.2. The Labute approximate surface area is 268 Å². The van der Waals surface area contributed by atoms with Gasteiger partial charge in [-0.2, -0.15) is 13.5 Å². The van der Waals surface area contributed by atoms with Crippen LogP contribution >= 0.6 is 10.9 Å². The summed E-state index contributed by atoms with van der Waals surface area (Å²) in [6.45, 7) is -1.71. The topological polar surface area (TPSA) is 299 Å². The van der Waals surface area contributed by atoms with E-state index >= 15 is 0 Å². The lowest BCUT2D eigenvalue weighted by molar-refractivity contribution is 0.0985. The van der Waals surface area contributed by atoms with Crippen molar-refractivity contribution in [2.24, 2.45) is 20.5 Å². The Bertz CT molecular complexity index is 1920. The molecule has 47 heavy (non-hydrogen) atoms. The number of nitrogens with two attached hydrogens (primary N) is 1. The lowest BCUT2D eigenvalue weighted by Gasteiger charge is -2.22. The molecular formula is C27H29N5O13S2. The Morgan fingerprint density at radius 3 is 1.77 bits per heavy atom. The van der Waals surface area contributed by atoms with Crippen molar-refractivity contribution in [3.05, 3.63) is 54.6 Å². The molecule has 4 aromatic rings. The summed E-state index contributed by atoms with van der Waals surface area (Å²) in [5.74, 6) is -0.422. The lowest BCUT2D eigenvalue weighted by Crippen LogP contribution is -2.04. The van der Waals surface area contributed by atoms with Gasteiger partial charge in [-0.15, -0.1) is 15.3 Å². The van der Waals surface area contributed by atoms with Crippen LogP contribution in [0.5, 0.6) is 23.0 Å². The van der Waals surface area contributed by atoms with Gasteiger partial charge in [0.2, 0.25) is 0 Å².